The molecular formula is C36H37FO7. The van der Waals surface area contributed by atoms with Gasteiger partial charge in [-0.3, -0.25) is 4.79 Å². The first kappa shape index (κ1) is 30.2. The van der Waals surface area contributed by atoms with Crippen molar-refractivity contribution in [2.75, 3.05) is 6.61 Å². The molecule has 2 N–H and O–H groups in total. The zero-order valence-corrected chi connectivity index (χ0v) is 25.0. The lowest BCUT2D eigenvalue weighted by Crippen LogP contribution is -2.69. The number of carbonyl (C=O) groups excluding carboxylic acids is 3. The number of aliphatic hydroxyl groups is 2. The highest BCUT2D eigenvalue weighted by Gasteiger charge is 2.75. The fourth-order valence-corrected chi connectivity index (χ4v) is 8.60. The quantitative estimate of drug-likeness (QED) is 0.419. The molecule has 8 heteroatoms. The molecule has 6 rings (SSSR count). The Labute approximate surface area is 256 Å². The highest BCUT2D eigenvalue weighted by atomic mass is 19.1. The first-order chi connectivity index (χ1) is 20.9. The predicted octanol–water partition coefficient (Wildman–Crippen LogP) is 5.54. The van der Waals surface area contributed by atoms with Crippen molar-refractivity contribution in [2.45, 2.75) is 57.4 Å². The summed E-state index contributed by atoms with van der Waals surface area (Å²) in [7, 11) is 0. The van der Waals surface area contributed by atoms with Crippen molar-refractivity contribution >= 4 is 17.7 Å². The van der Waals surface area contributed by atoms with E-state index in [-0.39, 0.29) is 24.2 Å². The maximum Gasteiger partial charge on any atom is 0.343 e. The van der Waals surface area contributed by atoms with Crippen molar-refractivity contribution in [1.82, 2.24) is 0 Å². The topological polar surface area (TPSA) is 110 Å². The number of halogens is 1. The number of ether oxygens (including phenoxy) is 2. The van der Waals surface area contributed by atoms with Crippen LogP contribution in [0.1, 0.15) is 60.7 Å². The third-order valence-electron chi connectivity index (χ3n) is 11.0. The van der Waals surface area contributed by atoms with E-state index in [0.717, 1.165) is 0 Å². The Balaban J connectivity index is 1.26. The van der Waals surface area contributed by atoms with E-state index in [1.807, 2.05) is 6.08 Å². The minimum atomic E-state index is -2.11. The molecule has 44 heavy (non-hydrogen) atoms. The smallest absolute Gasteiger partial charge is 0.343 e. The molecule has 2 saturated carbocycles. The summed E-state index contributed by atoms with van der Waals surface area (Å²) in [6.45, 7) is 4.62. The second-order valence-corrected chi connectivity index (χ2v) is 13.1. The van der Waals surface area contributed by atoms with Gasteiger partial charge >= 0.3 is 11.9 Å². The van der Waals surface area contributed by atoms with Crippen LogP contribution in [-0.4, -0.2) is 51.9 Å². The van der Waals surface area contributed by atoms with Crippen LogP contribution in [0.15, 0.2) is 96.3 Å². The Kier molecular flexibility index (Phi) is 7.29. The van der Waals surface area contributed by atoms with Gasteiger partial charge < -0.3 is 19.7 Å². The number of fused-ring (bicyclic) bond motifs is 5. The van der Waals surface area contributed by atoms with E-state index in [4.69, 9.17) is 9.47 Å². The van der Waals surface area contributed by atoms with E-state index in [1.54, 1.807) is 99.7 Å². The standard InChI is InChI=1S/C36H37FO7/c1-22-18-28-27-15-14-25-19-26(44-32(41)24-12-8-5-9-13-24)16-17-33(25,2)35(27,37)29(38)20-34(28,3)36(22,42)30(39)21-43-31(40)23-10-6-4-7-11-23/h4-14,16-17,19,22,27-29,38,42H,15,18,20-21H2,1-3H3/t22-,27-,28-,29-,33-,34-,35-,36-/m0/s1. The molecule has 2 aromatic rings. The molecule has 0 bridgehead atoms. The van der Waals surface area contributed by atoms with E-state index >= 15 is 4.39 Å². The van der Waals surface area contributed by atoms with E-state index in [9.17, 15) is 24.6 Å². The lowest BCUT2D eigenvalue weighted by atomic mass is 9.45. The lowest BCUT2D eigenvalue weighted by molar-refractivity contribution is -0.214. The number of hydrogen-bond donors (Lipinski definition) is 2. The van der Waals surface area contributed by atoms with Gasteiger partial charge in [0.2, 0.25) is 5.78 Å². The van der Waals surface area contributed by atoms with Crippen LogP contribution < -0.4 is 0 Å². The van der Waals surface area contributed by atoms with Crippen LogP contribution >= 0.6 is 0 Å². The van der Waals surface area contributed by atoms with E-state index < -0.39 is 70.3 Å². The van der Waals surface area contributed by atoms with Crippen LogP contribution in [0.5, 0.6) is 0 Å². The highest BCUT2D eigenvalue weighted by molar-refractivity contribution is 5.95. The van der Waals surface area contributed by atoms with E-state index in [2.05, 4.69) is 0 Å². The Bertz CT molecular complexity index is 1580. The summed E-state index contributed by atoms with van der Waals surface area (Å²) in [6.07, 6.45) is 5.76. The molecule has 0 unspecified atom stereocenters. The Hall–Kier alpha value is -3.88. The van der Waals surface area contributed by atoms with Gasteiger partial charge in [-0.15, -0.1) is 0 Å². The van der Waals surface area contributed by atoms with Gasteiger partial charge in [-0.1, -0.05) is 62.4 Å². The van der Waals surface area contributed by atoms with Crippen LogP contribution in [-0.2, 0) is 14.3 Å². The molecule has 0 spiro atoms. The Morgan fingerprint density at radius 3 is 2.20 bits per heavy atom. The molecule has 0 amide bonds. The second kappa shape index (κ2) is 10.6. The normalized spacial score (nSPS) is 37.0. The van der Waals surface area contributed by atoms with E-state index in [0.29, 0.717) is 17.6 Å². The van der Waals surface area contributed by atoms with Gasteiger partial charge in [0.15, 0.2) is 12.3 Å². The summed E-state index contributed by atoms with van der Waals surface area (Å²) in [5.74, 6) is -3.27. The minimum absolute atomic E-state index is 0.153. The molecule has 4 aliphatic rings. The molecule has 0 aliphatic heterocycles. The number of esters is 2. The van der Waals surface area contributed by atoms with Crippen molar-refractivity contribution in [2.24, 2.45) is 28.6 Å². The molecule has 8 atom stereocenters. The largest absolute Gasteiger partial charge is 0.454 e. The van der Waals surface area contributed by atoms with Crippen molar-refractivity contribution in [1.29, 1.82) is 0 Å². The molecule has 0 heterocycles. The van der Waals surface area contributed by atoms with Crippen LogP contribution in [0.25, 0.3) is 0 Å². The Morgan fingerprint density at radius 1 is 0.955 bits per heavy atom. The second-order valence-electron chi connectivity index (χ2n) is 13.1. The van der Waals surface area contributed by atoms with Crippen molar-refractivity contribution in [3.63, 3.8) is 0 Å². The number of Topliss-reactive ketones (excluding diaryl/α,β-unsaturated/α-hetero) is 1. The maximum atomic E-state index is 17.7. The van der Waals surface area contributed by atoms with Crippen LogP contribution in [0.2, 0.25) is 0 Å². The molecule has 2 fully saturated rings. The van der Waals surface area contributed by atoms with Crippen LogP contribution in [0.3, 0.4) is 0 Å². The van der Waals surface area contributed by atoms with Gasteiger partial charge in [0, 0.05) is 16.7 Å². The van der Waals surface area contributed by atoms with Crippen molar-refractivity contribution in [3.05, 3.63) is 107 Å². The SMILES string of the molecule is C[C@H]1C[C@H]2[C@@H]3CC=C4C=C(OC(=O)c5ccccc5)C=C[C@]4(C)[C@@]3(F)[C@@H](O)C[C@]2(C)[C@@]1(O)C(=O)COC(=O)c1ccccc1. The molecule has 0 saturated heterocycles. The first-order valence-corrected chi connectivity index (χ1v) is 15.1. The molecule has 2 aromatic carbocycles. The van der Waals surface area contributed by atoms with Gasteiger partial charge in [-0.25, -0.2) is 14.0 Å². The molecule has 230 valence electrons. The molecule has 7 nitrogen and oxygen atoms in total. The number of hydrogen-bond acceptors (Lipinski definition) is 7. The molecule has 0 aromatic heterocycles. The van der Waals surface area contributed by atoms with Crippen molar-refractivity contribution in [3.8, 4) is 0 Å². The third-order valence-corrected chi connectivity index (χ3v) is 11.0. The number of rotatable bonds is 6. The number of carbonyl (C=O) groups is 3. The van der Waals surface area contributed by atoms with Crippen LogP contribution in [0.4, 0.5) is 4.39 Å². The number of allylic oxidation sites excluding steroid dienone is 5. The summed E-state index contributed by atoms with van der Waals surface area (Å²) in [5.41, 5.74) is -5.16. The van der Waals surface area contributed by atoms with Gasteiger partial charge in [-0.2, -0.15) is 0 Å². The monoisotopic (exact) mass is 600 g/mol. The average molecular weight is 601 g/mol. The van der Waals surface area contributed by atoms with E-state index in [1.165, 1.54) is 0 Å². The van der Waals surface area contributed by atoms with Crippen molar-refractivity contribution < 1.29 is 38.5 Å². The summed E-state index contributed by atoms with van der Waals surface area (Å²) >= 11 is 0. The number of benzene rings is 2. The zero-order valence-electron chi connectivity index (χ0n) is 25.0. The lowest BCUT2D eigenvalue weighted by Gasteiger charge is -2.61. The zero-order chi connectivity index (χ0) is 31.5. The predicted molar refractivity (Wildman–Crippen MR) is 160 cm³/mol. The number of aliphatic hydroxyl groups excluding tert-OH is 1. The summed E-state index contributed by atoms with van der Waals surface area (Å²) in [4.78, 5) is 38.8. The maximum absolute atomic E-state index is 17.7. The fourth-order valence-electron chi connectivity index (χ4n) is 8.60. The van der Waals surface area contributed by atoms with Gasteiger partial charge in [-0.05, 0) is 80.0 Å². The third kappa shape index (κ3) is 4.25. The van der Waals surface area contributed by atoms with Gasteiger partial charge in [0.1, 0.15) is 11.4 Å². The summed E-state index contributed by atoms with van der Waals surface area (Å²) < 4.78 is 28.6. The van der Waals surface area contributed by atoms with Crippen LogP contribution in [0, 0.1) is 28.6 Å². The molecular weight excluding hydrogens is 563 g/mol. The molecule has 0 radical (unpaired) electrons. The number of alkyl halides is 1. The number of ketones is 1. The minimum Gasteiger partial charge on any atom is -0.454 e. The Morgan fingerprint density at radius 2 is 1.57 bits per heavy atom. The first-order valence-electron chi connectivity index (χ1n) is 15.1. The average Bonchev–Trinajstić information content (AvgIpc) is 3.22. The fraction of sp³-hybridized carbons (Fsp3) is 0.417. The summed E-state index contributed by atoms with van der Waals surface area (Å²) in [6, 6.07) is 16.9. The van der Waals surface area contributed by atoms with Gasteiger partial charge in [0.25, 0.3) is 0 Å². The highest BCUT2D eigenvalue weighted by Crippen LogP contribution is 2.70. The van der Waals surface area contributed by atoms with Gasteiger partial charge in [0.05, 0.1) is 17.2 Å². The summed E-state index contributed by atoms with van der Waals surface area (Å²) in [5, 5.41) is 23.8. The molecule has 4 aliphatic carbocycles.